The lowest BCUT2D eigenvalue weighted by molar-refractivity contribution is -0.139. The summed E-state index contributed by atoms with van der Waals surface area (Å²) in [5, 5.41) is 0.540. The molecule has 0 fully saturated rings. The van der Waals surface area contributed by atoms with Crippen LogP contribution in [-0.2, 0) is 19.0 Å². The number of nitrogens with zero attached hydrogens (tertiary/aromatic N) is 3. The predicted octanol–water partition coefficient (Wildman–Crippen LogP) is 5.12. The summed E-state index contributed by atoms with van der Waals surface area (Å²) < 4.78 is 56.1. The van der Waals surface area contributed by atoms with Crippen molar-refractivity contribution in [1.29, 1.82) is 0 Å². The number of anilines is 2. The summed E-state index contributed by atoms with van der Waals surface area (Å²) in [6.45, 7) is 10.2. The molecular weight excluding hydrogens is 509 g/mol. The SMILES string of the molecule is CCOC(=O)C1=C(C(F)(F)F)NN(c2ccnc(N(C(=O)OC(C)(C)C)C(=O)OC(C)(C)C)c2Cl)C1. The normalized spacial score (nSPS) is 14.4. The lowest BCUT2D eigenvalue weighted by Gasteiger charge is -2.29. The van der Waals surface area contributed by atoms with Gasteiger partial charge in [0.25, 0.3) is 0 Å². The second-order valence-electron chi connectivity index (χ2n) is 9.53. The van der Waals surface area contributed by atoms with Gasteiger partial charge >= 0.3 is 24.3 Å². The largest absolute Gasteiger partial charge is 0.463 e. The van der Waals surface area contributed by atoms with Crippen LogP contribution in [0.5, 0.6) is 0 Å². The smallest absolute Gasteiger partial charge is 0.433 e. The number of aromatic nitrogens is 1. The van der Waals surface area contributed by atoms with Gasteiger partial charge in [-0.25, -0.2) is 19.4 Å². The molecule has 1 aromatic heterocycles. The van der Waals surface area contributed by atoms with Crippen LogP contribution in [0.3, 0.4) is 0 Å². The third kappa shape index (κ3) is 7.15. The molecule has 2 heterocycles. The summed E-state index contributed by atoms with van der Waals surface area (Å²) >= 11 is 6.45. The van der Waals surface area contributed by atoms with E-state index in [4.69, 9.17) is 25.8 Å². The monoisotopic (exact) mass is 536 g/mol. The Morgan fingerprint density at radius 1 is 1.08 bits per heavy atom. The van der Waals surface area contributed by atoms with E-state index in [1.807, 2.05) is 0 Å². The Hall–Kier alpha value is -3.22. The first kappa shape index (κ1) is 29.0. The highest BCUT2D eigenvalue weighted by Crippen LogP contribution is 2.38. The molecular formula is C22H28ClF3N4O6. The molecule has 0 atom stereocenters. The Balaban J connectivity index is 2.53. The quantitative estimate of drug-likeness (QED) is 0.414. The molecule has 0 spiro atoms. The minimum Gasteiger partial charge on any atom is -0.463 e. The number of esters is 1. The number of hydrogen-bond donors (Lipinski definition) is 1. The van der Waals surface area contributed by atoms with Crippen LogP contribution in [0.25, 0.3) is 0 Å². The molecule has 0 saturated carbocycles. The number of carbonyl (C=O) groups is 3. The van der Waals surface area contributed by atoms with Gasteiger partial charge in [0.15, 0.2) is 5.82 Å². The van der Waals surface area contributed by atoms with E-state index in [1.165, 1.54) is 13.0 Å². The summed E-state index contributed by atoms with van der Waals surface area (Å²) in [4.78, 5) is 42.4. The molecule has 2 rings (SSSR count). The van der Waals surface area contributed by atoms with Crippen LogP contribution in [0.1, 0.15) is 48.5 Å². The average molecular weight is 537 g/mol. The topological polar surface area (TPSA) is 110 Å². The van der Waals surface area contributed by atoms with Crippen LogP contribution in [0.15, 0.2) is 23.5 Å². The van der Waals surface area contributed by atoms with E-state index >= 15 is 0 Å². The van der Waals surface area contributed by atoms with Gasteiger partial charge < -0.3 is 14.2 Å². The minimum atomic E-state index is -4.90. The van der Waals surface area contributed by atoms with Gasteiger partial charge in [0, 0.05) is 6.20 Å². The number of nitrogens with one attached hydrogen (secondary N) is 1. The number of pyridine rings is 1. The van der Waals surface area contributed by atoms with E-state index in [0.29, 0.717) is 4.90 Å². The minimum absolute atomic E-state index is 0.111. The predicted molar refractivity (Wildman–Crippen MR) is 124 cm³/mol. The third-order valence-corrected chi connectivity index (χ3v) is 4.54. The van der Waals surface area contributed by atoms with E-state index in [0.717, 1.165) is 11.2 Å². The Labute approximate surface area is 211 Å². The van der Waals surface area contributed by atoms with Crippen molar-refractivity contribution in [2.24, 2.45) is 0 Å². The number of alkyl halides is 3. The van der Waals surface area contributed by atoms with Gasteiger partial charge in [0.05, 0.1) is 24.4 Å². The molecule has 0 aromatic carbocycles. The molecule has 2 amide bonds. The second-order valence-corrected chi connectivity index (χ2v) is 9.91. The lowest BCUT2D eigenvalue weighted by Crippen LogP contribution is -2.44. The second kappa shape index (κ2) is 10.4. The van der Waals surface area contributed by atoms with Crippen LogP contribution < -0.4 is 15.3 Å². The van der Waals surface area contributed by atoms with E-state index in [-0.39, 0.29) is 17.3 Å². The fourth-order valence-corrected chi connectivity index (χ4v) is 3.19. The van der Waals surface area contributed by atoms with E-state index in [1.54, 1.807) is 41.5 Å². The summed E-state index contributed by atoms with van der Waals surface area (Å²) in [6, 6.07) is 1.24. The number of allylic oxidation sites excluding steroid dienone is 1. The van der Waals surface area contributed by atoms with Crippen LogP contribution in [0.4, 0.5) is 34.3 Å². The van der Waals surface area contributed by atoms with Gasteiger partial charge in [-0.3, -0.25) is 10.4 Å². The highest BCUT2D eigenvalue weighted by molar-refractivity contribution is 6.37. The zero-order valence-corrected chi connectivity index (χ0v) is 21.6. The molecule has 0 unspecified atom stereocenters. The molecule has 10 nitrogen and oxygen atoms in total. The maximum absolute atomic E-state index is 13.6. The maximum atomic E-state index is 13.6. The van der Waals surface area contributed by atoms with Gasteiger partial charge in [-0.2, -0.15) is 18.1 Å². The van der Waals surface area contributed by atoms with Crippen molar-refractivity contribution in [3.63, 3.8) is 0 Å². The third-order valence-electron chi connectivity index (χ3n) is 4.18. The van der Waals surface area contributed by atoms with Crippen LogP contribution in [0, 0.1) is 0 Å². The Kier molecular flexibility index (Phi) is 8.39. The fourth-order valence-electron chi connectivity index (χ4n) is 2.89. The Bertz CT molecular complexity index is 1040. The van der Waals surface area contributed by atoms with Crippen molar-refractivity contribution < 1.29 is 41.8 Å². The van der Waals surface area contributed by atoms with Crippen LogP contribution in [-0.4, -0.2) is 53.7 Å². The van der Waals surface area contributed by atoms with Crippen molar-refractivity contribution in [3.8, 4) is 0 Å². The highest BCUT2D eigenvalue weighted by atomic mass is 35.5. The van der Waals surface area contributed by atoms with Gasteiger partial charge in [0.2, 0.25) is 0 Å². The summed E-state index contributed by atoms with van der Waals surface area (Å²) in [7, 11) is 0. The van der Waals surface area contributed by atoms with Gasteiger partial charge in [-0.1, -0.05) is 11.6 Å². The van der Waals surface area contributed by atoms with Crippen molar-refractivity contribution in [1.82, 2.24) is 10.4 Å². The Morgan fingerprint density at radius 2 is 1.61 bits per heavy atom. The molecule has 14 heteroatoms. The maximum Gasteiger partial charge on any atom is 0.433 e. The first-order valence-electron chi connectivity index (χ1n) is 10.8. The first-order valence-corrected chi connectivity index (χ1v) is 11.2. The van der Waals surface area contributed by atoms with Crippen LogP contribution in [0.2, 0.25) is 5.02 Å². The van der Waals surface area contributed by atoms with Crippen molar-refractivity contribution in [3.05, 3.63) is 28.6 Å². The number of imide groups is 1. The number of hydrogen-bond acceptors (Lipinski definition) is 9. The van der Waals surface area contributed by atoms with Crippen LogP contribution >= 0.6 is 11.6 Å². The Morgan fingerprint density at radius 3 is 2.06 bits per heavy atom. The number of ether oxygens (including phenoxy) is 3. The number of hydrazine groups is 1. The average Bonchev–Trinajstić information content (AvgIpc) is 3.13. The zero-order chi connectivity index (χ0) is 27.6. The fraction of sp³-hybridized carbons (Fsp3) is 0.545. The van der Waals surface area contributed by atoms with E-state index < -0.39 is 59.2 Å². The van der Waals surface area contributed by atoms with E-state index in [2.05, 4.69) is 10.4 Å². The highest BCUT2D eigenvalue weighted by Gasteiger charge is 2.45. The molecule has 36 heavy (non-hydrogen) atoms. The number of amides is 2. The molecule has 1 N–H and O–H groups in total. The molecule has 0 radical (unpaired) electrons. The molecule has 0 bridgehead atoms. The summed E-state index contributed by atoms with van der Waals surface area (Å²) in [5.74, 6) is -1.60. The number of carbonyl (C=O) groups excluding carboxylic acids is 3. The number of halogens is 4. The molecule has 0 aliphatic carbocycles. The molecule has 1 aliphatic heterocycles. The summed E-state index contributed by atoms with van der Waals surface area (Å²) in [6.07, 6.45) is -6.12. The van der Waals surface area contributed by atoms with Crippen molar-refractivity contribution >= 4 is 41.3 Å². The number of rotatable bonds is 4. The van der Waals surface area contributed by atoms with Crippen molar-refractivity contribution in [2.45, 2.75) is 65.8 Å². The van der Waals surface area contributed by atoms with E-state index in [9.17, 15) is 27.6 Å². The van der Waals surface area contributed by atoms with Gasteiger partial charge in [0.1, 0.15) is 21.9 Å². The van der Waals surface area contributed by atoms with Gasteiger partial charge in [-0.15, -0.1) is 0 Å². The van der Waals surface area contributed by atoms with Gasteiger partial charge in [-0.05, 0) is 54.5 Å². The molecule has 1 aliphatic rings. The first-order chi connectivity index (χ1) is 16.4. The molecule has 0 saturated heterocycles. The molecule has 200 valence electrons. The lowest BCUT2D eigenvalue weighted by atomic mass is 10.2. The van der Waals surface area contributed by atoms with Crippen molar-refractivity contribution in [2.75, 3.05) is 23.1 Å². The zero-order valence-electron chi connectivity index (χ0n) is 20.9. The summed E-state index contributed by atoms with van der Waals surface area (Å²) in [5.41, 5.74) is -2.04. The molecule has 1 aromatic rings. The standard InChI is InChI=1S/C22H28ClF3N4O6/c1-8-34-17(31)12-11-29(28-15(12)22(24,25)26)13-9-10-27-16(14(13)23)30(18(32)35-20(2,3)4)19(33)36-21(5,6)7/h9-10,28H,8,11H2,1-7H3.